The van der Waals surface area contributed by atoms with Gasteiger partial charge < -0.3 is 10.5 Å². The van der Waals surface area contributed by atoms with Crippen molar-refractivity contribution in [2.24, 2.45) is 17.6 Å². The highest BCUT2D eigenvalue weighted by Crippen LogP contribution is 2.38. The van der Waals surface area contributed by atoms with Gasteiger partial charge in [-0.1, -0.05) is 0 Å². The van der Waals surface area contributed by atoms with E-state index in [0.717, 1.165) is 51.4 Å². The van der Waals surface area contributed by atoms with E-state index in [9.17, 15) is 9.59 Å². The van der Waals surface area contributed by atoms with E-state index in [0.29, 0.717) is 25.3 Å². The second kappa shape index (κ2) is 6.44. The topological polar surface area (TPSA) is 72.6 Å². The van der Waals surface area contributed by atoms with Crippen LogP contribution in [-0.4, -0.2) is 42.0 Å². The van der Waals surface area contributed by atoms with Gasteiger partial charge in [0.15, 0.2) is 0 Å². The van der Waals surface area contributed by atoms with Gasteiger partial charge in [-0.25, -0.2) is 0 Å². The SMILES string of the molecule is NC1CCC(OCCCN2C(=O)C3CCC(C3)C2=O)CC1. The number of imide groups is 1. The van der Waals surface area contributed by atoms with Crippen LogP contribution in [0.15, 0.2) is 0 Å². The third kappa shape index (κ3) is 3.29. The van der Waals surface area contributed by atoms with E-state index in [1.807, 2.05) is 0 Å². The molecule has 3 aliphatic rings. The molecule has 2 N–H and O–H groups in total. The largest absolute Gasteiger partial charge is 0.378 e. The Bertz CT molecular complexity index is 382. The van der Waals surface area contributed by atoms with Crippen LogP contribution >= 0.6 is 0 Å². The summed E-state index contributed by atoms with van der Waals surface area (Å²) in [5, 5.41) is 0. The van der Waals surface area contributed by atoms with Crippen molar-refractivity contribution in [3.63, 3.8) is 0 Å². The molecule has 0 aromatic carbocycles. The van der Waals surface area contributed by atoms with Crippen molar-refractivity contribution in [1.29, 1.82) is 0 Å². The van der Waals surface area contributed by atoms with E-state index in [1.165, 1.54) is 4.90 Å². The van der Waals surface area contributed by atoms with Gasteiger partial charge in [0.2, 0.25) is 11.8 Å². The number of ether oxygens (including phenoxy) is 1. The molecule has 2 atom stereocenters. The Kier molecular flexibility index (Phi) is 4.60. The minimum atomic E-state index is 0.0531. The number of fused-ring (bicyclic) bond motifs is 2. The van der Waals surface area contributed by atoms with Crippen molar-refractivity contribution in [1.82, 2.24) is 4.90 Å². The summed E-state index contributed by atoms with van der Waals surface area (Å²) < 4.78 is 5.86. The number of hydrogen-bond donors (Lipinski definition) is 1. The molecule has 1 aliphatic heterocycles. The number of nitrogens with zero attached hydrogens (tertiary/aromatic N) is 1. The van der Waals surface area contributed by atoms with E-state index in [1.54, 1.807) is 0 Å². The summed E-state index contributed by atoms with van der Waals surface area (Å²) in [5.74, 6) is 0.316. The Morgan fingerprint density at radius 3 is 2.24 bits per heavy atom. The Morgan fingerprint density at radius 2 is 1.62 bits per heavy atom. The second-order valence-electron chi connectivity index (χ2n) is 6.80. The maximum Gasteiger partial charge on any atom is 0.232 e. The van der Waals surface area contributed by atoms with Crippen LogP contribution in [0.4, 0.5) is 0 Å². The highest BCUT2D eigenvalue weighted by molar-refractivity contribution is 6.00. The van der Waals surface area contributed by atoms with Gasteiger partial charge in [0.1, 0.15) is 0 Å². The first-order chi connectivity index (χ1) is 10.1. The highest BCUT2D eigenvalue weighted by Gasteiger charge is 2.44. The van der Waals surface area contributed by atoms with E-state index in [4.69, 9.17) is 10.5 Å². The minimum Gasteiger partial charge on any atom is -0.378 e. The number of carbonyl (C=O) groups excluding carboxylic acids is 2. The maximum absolute atomic E-state index is 12.2. The molecule has 5 heteroatoms. The summed E-state index contributed by atoms with van der Waals surface area (Å²) in [4.78, 5) is 25.8. The number of hydrogen-bond acceptors (Lipinski definition) is 4. The zero-order valence-corrected chi connectivity index (χ0v) is 12.6. The maximum atomic E-state index is 12.2. The molecule has 2 bridgehead atoms. The van der Waals surface area contributed by atoms with Gasteiger partial charge in [-0.2, -0.15) is 0 Å². The first-order valence-electron chi connectivity index (χ1n) is 8.37. The third-order valence-electron chi connectivity index (χ3n) is 5.26. The third-order valence-corrected chi connectivity index (χ3v) is 5.26. The average Bonchev–Trinajstić information content (AvgIpc) is 2.93. The predicted octanol–water partition coefficient (Wildman–Crippen LogP) is 1.45. The molecule has 0 spiro atoms. The molecule has 1 saturated heterocycles. The average molecular weight is 294 g/mol. The fourth-order valence-corrected chi connectivity index (χ4v) is 3.93. The van der Waals surface area contributed by atoms with Gasteiger partial charge in [-0.3, -0.25) is 14.5 Å². The molecule has 2 amide bonds. The summed E-state index contributed by atoms with van der Waals surface area (Å²) in [6.45, 7) is 1.16. The van der Waals surface area contributed by atoms with E-state index >= 15 is 0 Å². The van der Waals surface area contributed by atoms with Crippen molar-refractivity contribution in [2.45, 2.75) is 63.5 Å². The summed E-state index contributed by atoms with van der Waals surface area (Å²) in [5.41, 5.74) is 5.87. The molecule has 2 unspecified atom stereocenters. The van der Waals surface area contributed by atoms with E-state index < -0.39 is 0 Å². The smallest absolute Gasteiger partial charge is 0.232 e. The number of amides is 2. The Balaban J connectivity index is 1.39. The molecular weight excluding hydrogens is 268 g/mol. The molecule has 2 aliphatic carbocycles. The molecule has 1 heterocycles. The Morgan fingerprint density at radius 1 is 1.00 bits per heavy atom. The van der Waals surface area contributed by atoms with Gasteiger partial charge in [0.25, 0.3) is 0 Å². The molecule has 5 nitrogen and oxygen atoms in total. The summed E-state index contributed by atoms with van der Waals surface area (Å²) in [7, 11) is 0. The van der Waals surface area contributed by atoms with Crippen molar-refractivity contribution in [3.8, 4) is 0 Å². The lowest BCUT2D eigenvalue weighted by molar-refractivity contribution is -0.153. The predicted molar refractivity (Wildman–Crippen MR) is 78.4 cm³/mol. The van der Waals surface area contributed by atoms with Crippen molar-refractivity contribution < 1.29 is 14.3 Å². The molecule has 0 aromatic heterocycles. The van der Waals surface area contributed by atoms with Crippen molar-refractivity contribution in [3.05, 3.63) is 0 Å². The zero-order chi connectivity index (χ0) is 14.8. The van der Waals surface area contributed by atoms with Crippen molar-refractivity contribution in [2.75, 3.05) is 13.2 Å². The van der Waals surface area contributed by atoms with Gasteiger partial charge in [0, 0.05) is 31.0 Å². The molecule has 2 saturated carbocycles. The number of nitrogens with two attached hydrogens (primary N) is 1. The number of piperidine rings is 1. The first kappa shape index (κ1) is 15.0. The highest BCUT2D eigenvalue weighted by atomic mass is 16.5. The summed E-state index contributed by atoms with van der Waals surface area (Å²) in [6.07, 6.45) is 7.78. The second-order valence-corrected chi connectivity index (χ2v) is 6.80. The molecule has 3 rings (SSSR count). The van der Waals surface area contributed by atoms with Crippen LogP contribution in [0.2, 0.25) is 0 Å². The zero-order valence-electron chi connectivity index (χ0n) is 12.6. The van der Waals surface area contributed by atoms with Crippen LogP contribution in [0.3, 0.4) is 0 Å². The van der Waals surface area contributed by atoms with Crippen LogP contribution in [0, 0.1) is 11.8 Å². The van der Waals surface area contributed by atoms with Gasteiger partial charge in [-0.15, -0.1) is 0 Å². The van der Waals surface area contributed by atoms with E-state index in [-0.39, 0.29) is 23.7 Å². The normalized spacial score (nSPS) is 36.3. The van der Waals surface area contributed by atoms with Gasteiger partial charge in [-0.05, 0) is 51.4 Å². The number of likely N-dealkylation sites (tertiary alicyclic amines) is 1. The molecular formula is C16H26N2O3. The fraction of sp³-hybridized carbons (Fsp3) is 0.875. The van der Waals surface area contributed by atoms with Crippen molar-refractivity contribution >= 4 is 11.8 Å². The monoisotopic (exact) mass is 294 g/mol. The lowest BCUT2D eigenvalue weighted by atomic mass is 9.94. The van der Waals surface area contributed by atoms with Crippen LogP contribution in [0.25, 0.3) is 0 Å². The molecule has 0 aromatic rings. The first-order valence-corrected chi connectivity index (χ1v) is 8.37. The standard InChI is InChI=1S/C16H26N2O3/c17-13-4-6-14(7-5-13)21-9-1-8-18-15(19)11-2-3-12(10-11)16(18)20/h11-14H,1-10,17H2. The van der Waals surface area contributed by atoms with Crippen LogP contribution in [0.1, 0.15) is 51.4 Å². The van der Waals surface area contributed by atoms with Crippen LogP contribution in [0.5, 0.6) is 0 Å². The number of rotatable bonds is 5. The van der Waals surface area contributed by atoms with Gasteiger partial charge >= 0.3 is 0 Å². The van der Waals surface area contributed by atoms with Gasteiger partial charge in [0.05, 0.1) is 6.10 Å². The lowest BCUT2D eigenvalue weighted by Crippen LogP contribution is -2.46. The van der Waals surface area contributed by atoms with Crippen LogP contribution < -0.4 is 5.73 Å². The Labute approximate surface area is 126 Å². The number of carbonyl (C=O) groups is 2. The minimum absolute atomic E-state index is 0.0531. The molecule has 3 fully saturated rings. The molecule has 118 valence electrons. The Hall–Kier alpha value is -0.940. The summed E-state index contributed by atoms with van der Waals surface area (Å²) in [6, 6.07) is 0.337. The van der Waals surface area contributed by atoms with E-state index in [2.05, 4.69) is 0 Å². The summed E-state index contributed by atoms with van der Waals surface area (Å²) >= 11 is 0. The quantitative estimate of drug-likeness (QED) is 0.615. The lowest BCUT2D eigenvalue weighted by Gasteiger charge is -2.30. The fourth-order valence-electron chi connectivity index (χ4n) is 3.93. The molecule has 21 heavy (non-hydrogen) atoms. The van der Waals surface area contributed by atoms with Crippen LogP contribution in [-0.2, 0) is 14.3 Å². The molecule has 0 radical (unpaired) electrons.